The van der Waals surface area contributed by atoms with Crippen molar-refractivity contribution in [3.05, 3.63) is 0 Å². The monoisotopic (exact) mass is 266 g/mol. The predicted molar refractivity (Wildman–Crippen MR) is 78.6 cm³/mol. The first-order valence-corrected chi connectivity index (χ1v) is 7.83. The number of amides is 1. The van der Waals surface area contributed by atoms with Gasteiger partial charge in [0.1, 0.15) is 0 Å². The number of carbonyl (C=O) groups is 1. The number of rotatable bonds is 1. The number of likely N-dealkylation sites (tertiary alicyclic amines) is 1. The molecule has 0 aromatic heterocycles. The second-order valence-electron chi connectivity index (χ2n) is 7.79. The lowest BCUT2D eigenvalue weighted by molar-refractivity contribution is -0.137. The van der Waals surface area contributed by atoms with Crippen LogP contribution in [0.15, 0.2) is 0 Å². The Hall–Kier alpha value is -0.570. The van der Waals surface area contributed by atoms with Gasteiger partial charge in [-0.3, -0.25) is 4.79 Å². The van der Waals surface area contributed by atoms with Gasteiger partial charge < -0.3 is 10.6 Å². The van der Waals surface area contributed by atoms with Crippen LogP contribution < -0.4 is 5.73 Å². The number of hydrogen-bond donors (Lipinski definition) is 1. The standard InChI is InChI=1S/C16H30N2O/c1-11-5-6-13(17)9-14(11)15(19)18-8-7-12(10-18)16(2,3)4/h11-14H,5-10,17H2,1-4H3. The zero-order valence-corrected chi connectivity index (χ0v) is 13.0. The fraction of sp³-hybridized carbons (Fsp3) is 0.938. The van der Waals surface area contributed by atoms with Crippen LogP contribution in [0.5, 0.6) is 0 Å². The maximum Gasteiger partial charge on any atom is 0.226 e. The summed E-state index contributed by atoms with van der Waals surface area (Å²) >= 11 is 0. The van der Waals surface area contributed by atoms with Gasteiger partial charge in [0.2, 0.25) is 5.91 Å². The number of hydrogen-bond acceptors (Lipinski definition) is 2. The second kappa shape index (κ2) is 5.43. The van der Waals surface area contributed by atoms with Gasteiger partial charge in [-0.2, -0.15) is 0 Å². The van der Waals surface area contributed by atoms with Crippen LogP contribution in [0.25, 0.3) is 0 Å². The average Bonchev–Trinajstić information content (AvgIpc) is 2.80. The number of carbonyl (C=O) groups excluding carboxylic acids is 1. The van der Waals surface area contributed by atoms with Crippen molar-refractivity contribution in [1.82, 2.24) is 4.90 Å². The van der Waals surface area contributed by atoms with Crippen LogP contribution in [0.2, 0.25) is 0 Å². The predicted octanol–water partition coefficient (Wildman–Crippen LogP) is 2.64. The summed E-state index contributed by atoms with van der Waals surface area (Å²) in [7, 11) is 0. The van der Waals surface area contributed by atoms with Crippen molar-refractivity contribution in [3.8, 4) is 0 Å². The molecule has 2 fully saturated rings. The minimum absolute atomic E-state index is 0.169. The zero-order valence-electron chi connectivity index (χ0n) is 13.0. The van der Waals surface area contributed by atoms with E-state index < -0.39 is 0 Å². The first kappa shape index (κ1) is 14.8. The van der Waals surface area contributed by atoms with Gasteiger partial charge in [0.15, 0.2) is 0 Å². The van der Waals surface area contributed by atoms with Crippen LogP contribution in [0.4, 0.5) is 0 Å². The fourth-order valence-electron chi connectivity index (χ4n) is 3.60. The SMILES string of the molecule is CC1CCC(N)CC1C(=O)N1CCC(C(C)(C)C)C1. The number of nitrogens with zero attached hydrogens (tertiary/aromatic N) is 1. The van der Waals surface area contributed by atoms with Crippen molar-refractivity contribution in [2.24, 2.45) is 28.9 Å². The van der Waals surface area contributed by atoms with Crippen molar-refractivity contribution in [3.63, 3.8) is 0 Å². The molecule has 0 aromatic carbocycles. The molecule has 0 radical (unpaired) electrons. The van der Waals surface area contributed by atoms with E-state index in [-0.39, 0.29) is 12.0 Å². The lowest BCUT2D eigenvalue weighted by Crippen LogP contribution is -2.43. The van der Waals surface area contributed by atoms with Gasteiger partial charge in [0, 0.05) is 25.0 Å². The molecule has 19 heavy (non-hydrogen) atoms. The molecule has 3 heteroatoms. The molecule has 2 rings (SSSR count). The number of nitrogens with two attached hydrogens (primary N) is 1. The molecule has 4 unspecified atom stereocenters. The van der Waals surface area contributed by atoms with Crippen LogP contribution in [0.1, 0.15) is 53.4 Å². The van der Waals surface area contributed by atoms with Crippen molar-refractivity contribution >= 4 is 5.91 Å². The summed E-state index contributed by atoms with van der Waals surface area (Å²) < 4.78 is 0. The first-order chi connectivity index (χ1) is 8.79. The summed E-state index contributed by atoms with van der Waals surface area (Å²) in [5, 5.41) is 0. The van der Waals surface area contributed by atoms with Gasteiger partial charge in [-0.1, -0.05) is 27.7 Å². The van der Waals surface area contributed by atoms with Crippen molar-refractivity contribution < 1.29 is 4.79 Å². The topological polar surface area (TPSA) is 46.3 Å². The Bertz CT molecular complexity index is 334. The quantitative estimate of drug-likeness (QED) is 0.793. The molecular weight excluding hydrogens is 236 g/mol. The molecule has 0 bridgehead atoms. The van der Waals surface area contributed by atoms with Crippen molar-refractivity contribution in [2.75, 3.05) is 13.1 Å². The third-order valence-corrected chi connectivity index (χ3v) is 5.28. The maximum atomic E-state index is 12.7. The molecular formula is C16H30N2O. The molecule has 110 valence electrons. The van der Waals surface area contributed by atoms with E-state index in [1.165, 1.54) is 0 Å². The Morgan fingerprint density at radius 3 is 2.47 bits per heavy atom. The average molecular weight is 266 g/mol. The molecule has 4 atom stereocenters. The highest BCUT2D eigenvalue weighted by atomic mass is 16.2. The normalized spacial score (nSPS) is 36.6. The molecule has 1 aliphatic carbocycles. The molecule has 3 nitrogen and oxygen atoms in total. The molecule has 2 aliphatic rings. The molecule has 1 aliphatic heterocycles. The summed E-state index contributed by atoms with van der Waals surface area (Å²) in [4.78, 5) is 14.8. The molecule has 1 heterocycles. The van der Waals surface area contributed by atoms with Crippen molar-refractivity contribution in [2.45, 2.75) is 59.4 Å². The Morgan fingerprint density at radius 1 is 1.21 bits per heavy atom. The highest BCUT2D eigenvalue weighted by molar-refractivity contribution is 5.79. The highest BCUT2D eigenvalue weighted by Gasteiger charge is 2.39. The highest BCUT2D eigenvalue weighted by Crippen LogP contribution is 2.36. The lowest BCUT2D eigenvalue weighted by atomic mass is 9.77. The Kier molecular flexibility index (Phi) is 4.24. The van der Waals surface area contributed by atoms with E-state index in [0.717, 1.165) is 38.8 Å². The van der Waals surface area contributed by atoms with Gasteiger partial charge in [0.05, 0.1) is 0 Å². The van der Waals surface area contributed by atoms with Gasteiger partial charge >= 0.3 is 0 Å². The van der Waals surface area contributed by atoms with E-state index in [9.17, 15) is 4.79 Å². The molecule has 0 spiro atoms. The van der Waals surface area contributed by atoms with E-state index in [0.29, 0.717) is 23.2 Å². The molecule has 1 saturated heterocycles. The summed E-state index contributed by atoms with van der Waals surface area (Å²) in [6.07, 6.45) is 4.22. The van der Waals surface area contributed by atoms with E-state index in [2.05, 4.69) is 32.6 Å². The second-order valence-corrected chi connectivity index (χ2v) is 7.79. The smallest absolute Gasteiger partial charge is 0.226 e. The maximum absolute atomic E-state index is 12.7. The van der Waals surface area contributed by atoms with Gasteiger partial charge in [-0.05, 0) is 42.9 Å². The summed E-state index contributed by atoms with van der Waals surface area (Å²) in [5.41, 5.74) is 6.36. The first-order valence-electron chi connectivity index (χ1n) is 7.83. The molecule has 0 aromatic rings. The zero-order chi connectivity index (χ0) is 14.2. The van der Waals surface area contributed by atoms with Crippen LogP contribution in [0, 0.1) is 23.2 Å². The van der Waals surface area contributed by atoms with Crippen LogP contribution in [-0.4, -0.2) is 29.9 Å². The molecule has 1 saturated carbocycles. The Labute approximate surface area is 117 Å². The van der Waals surface area contributed by atoms with E-state index >= 15 is 0 Å². The third-order valence-electron chi connectivity index (χ3n) is 5.28. The van der Waals surface area contributed by atoms with Gasteiger partial charge in [-0.15, -0.1) is 0 Å². The Balaban J connectivity index is 1.97. The molecule has 2 N–H and O–H groups in total. The van der Waals surface area contributed by atoms with E-state index in [4.69, 9.17) is 5.73 Å². The summed E-state index contributed by atoms with van der Waals surface area (Å²) in [6.45, 7) is 11.0. The summed E-state index contributed by atoms with van der Waals surface area (Å²) in [6, 6.07) is 0.228. The van der Waals surface area contributed by atoms with E-state index in [1.807, 2.05) is 0 Å². The van der Waals surface area contributed by atoms with E-state index in [1.54, 1.807) is 0 Å². The summed E-state index contributed by atoms with van der Waals surface area (Å²) in [5.74, 6) is 1.68. The molecule has 1 amide bonds. The third kappa shape index (κ3) is 3.31. The van der Waals surface area contributed by atoms with Crippen LogP contribution >= 0.6 is 0 Å². The lowest BCUT2D eigenvalue weighted by Gasteiger charge is -2.34. The van der Waals surface area contributed by atoms with Crippen molar-refractivity contribution in [1.29, 1.82) is 0 Å². The van der Waals surface area contributed by atoms with Gasteiger partial charge in [-0.25, -0.2) is 0 Å². The van der Waals surface area contributed by atoms with Gasteiger partial charge in [0.25, 0.3) is 0 Å². The minimum Gasteiger partial charge on any atom is -0.342 e. The van der Waals surface area contributed by atoms with Crippen LogP contribution in [0.3, 0.4) is 0 Å². The fourth-order valence-corrected chi connectivity index (χ4v) is 3.60. The largest absolute Gasteiger partial charge is 0.342 e. The Morgan fingerprint density at radius 2 is 1.89 bits per heavy atom. The van der Waals surface area contributed by atoms with Crippen LogP contribution in [-0.2, 0) is 4.79 Å². The minimum atomic E-state index is 0.169.